The maximum absolute atomic E-state index is 12.5. The van der Waals surface area contributed by atoms with Crippen molar-refractivity contribution in [3.05, 3.63) is 35.4 Å². The monoisotopic (exact) mass is 318 g/mol. The second-order valence-corrected chi connectivity index (χ2v) is 6.18. The van der Waals surface area contributed by atoms with E-state index in [0.717, 1.165) is 0 Å². The molecule has 1 aromatic carbocycles. The van der Waals surface area contributed by atoms with Gasteiger partial charge in [-0.05, 0) is 51.5 Å². The molecule has 0 aliphatic carbocycles. The highest BCUT2D eigenvalue weighted by molar-refractivity contribution is 5.98. The van der Waals surface area contributed by atoms with Crippen LogP contribution in [0.5, 0.6) is 0 Å². The minimum Gasteiger partial charge on any atom is -0.481 e. The zero-order valence-corrected chi connectivity index (χ0v) is 13.6. The molecule has 1 heterocycles. The fraction of sp³-hybridized carbons (Fsp3) is 0.471. The fourth-order valence-electron chi connectivity index (χ4n) is 2.83. The third kappa shape index (κ3) is 3.70. The molecule has 2 N–H and O–H groups in total. The number of aliphatic carboxylic acids is 1. The molecule has 1 aliphatic rings. The third-order valence-corrected chi connectivity index (χ3v) is 4.15. The lowest BCUT2D eigenvalue weighted by Gasteiger charge is -2.23. The summed E-state index contributed by atoms with van der Waals surface area (Å²) in [5.41, 5.74) is 0.956. The molecule has 2 atom stereocenters. The van der Waals surface area contributed by atoms with E-state index in [2.05, 4.69) is 5.32 Å². The maximum atomic E-state index is 12.5. The Labute approximate surface area is 135 Å². The van der Waals surface area contributed by atoms with Crippen LogP contribution in [0.1, 0.15) is 47.9 Å². The van der Waals surface area contributed by atoms with Crippen LogP contribution in [0.3, 0.4) is 0 Å². The Hall–Kier alpha value is -2.37. The van der Waals surface area contributed by atoms with Crippen LogP contribution in [0, 0.1) is 5.92 Å². The average Bonchev–Trinajstić information content (AvgIpc) is 2.88. The summed E-state index contributed by atoms with van der Waals surface area (Å²) in [6, 6.07) is 6.16. The molecule has 0 bridgehead atoms. The van der Waals surface area contributed by atoms with Crippen molar-refractivity contribution in [1.29, 1.82) is 0 Å². The Bertz CT molecular complexity index is 610. The van der Waals surface area contributed by atoms with Crippen LogP contribution in [0.25, 0.3) is 0 Å². The van der Waals surface area contributed by atoms with Crippen molar-refractivity contribution < 1.29 is 19.5 Å². The van der Waals surface area contributed by atoms with Crippen molar-refractivity contribution in [3.63, 3.8) is 0 Å². The molecule has 6 heteroatoms. The highest BCUT2D eigenvalue weighted by Crippen LogP contribution is 2.26. The first-order chi connectivity index (χ1) is 10.8. The summed E-state index contributed by atoms with van der Waals surface area (Å²) in [4.78, 5) is 37.1. The number of hydrogen-bond donors (Lipinski definition) is 2. The summed E-state index contributed by atoms with van der Waals surface area (Å²) in [6.45, 7) is 5.95. The van der Waals surface area contributed by atoms with Gasteiger partial charge < -0.3 is 15.3 Å². The van der Waals surface area contributed by atoms with Crippen molar-refractivity contribution in [1.82, 2.24) is 10.2 Å². The topological polar surface area (TPSA) is 86.7 Å². The molecule has 2 rings (SSSR count). The van der Waals surface area contributed by atoms with Crippen LogP contribution in [-0.2, 0) is 4.79 Å². The second kappa shape index (κ2) is 6.81. The maximum Gasteiger partial charge on any atom is 0.308 e. The van der Waals surface area contributed by atoms with Gasteiger partial charge in [-0.1, -0.05) is 0 Å². The average molecular weight is 318 g/mol. The first-order valence-corrected chi connectivity index (χ1v) is 7.76. The molecule has 23 heavy (non-hydrogen) atoms. The summed E-state index contributed by atoms with van der Waals surface area (Å²) in [5.74, 6) is -1.76. The number of carboxylic acid groups (broad SMARTS) is 1. The molecular weight excluding hydrogens is 296 g/mol. The predicted octanol–water partition coefficient (Wildman–Crippen LogP) is 1.76. The highest BCUT2D eigenvalue weighted by atomic mass is 16.4. The van der Waals surface area contributed by atoms with Gasteiger partial charge in [0.25, 0.3) is 11.8 Å². The van der Waals surface area contributed by atoms with E-state index in [1.165, 1.54) is 0 Å². The van der Waals surface area contributed by atoms with Gasteiger partial charge in [0.2, 0.25) is 0 Å². The van der Waals surface area contributed by atoms with Crippen LogP contribution in [0.2, 0.25) is 0 Å². The van der Waals surface area contributed by atoms with Gasteiger partial charge >= 0.3 is 5.97 Å². The fourth-order valence-corrected chi connectivity index (χ4v) is 2.83. The molecular formula is C17H22N2O4. The molecule has 6 nitrogen and oxygen atoms in total. The number of amides is 2. The standard InChI is InChI=1S/C17H22N2O4/c1-10(2)18-15(20)12-4-6-13(7-5-12)16(21)19-9-8-14(11(19)3)17(22)23/h4-7,10-11,14H,8-9H2,1-3H3,(H,18,20)(H,22,23). The van der Waals surface area contributed by atoms with Gasteiger partial charge in [0.15, 0.2) is 0 Å². The van der Waals surface area contributed by atoms with Crippen molar-refractivity contribution in [2.24, 2.45) is 5.92 Å². The Morgan fingerprint density at radius 1 is 1.17 bits per heavy atom. The van der Waals surface area contributed by atoms with E-state index in [4.69, 9.17) is 5.11 Å². The number of nitrogens with one attached hydrogen (secondary N) is 1. The van der Waals surface area contributed by atoms with Crippen LogP contribution in [0.15, 0.2) is 24.3 Å². The third-order valence-electron chi connectivity index (χ3n) is 4.15. The first kappa shape index (κ1) is 17.0. The zero-order valence-electron chi connectivity index (χ0n) is 13.6. The van der Waals surface area contributed by atoms with Crippen LogP contribution in [0.4, 0.5) is 0 Å². The zero-order chi connectivity index (χ0) is 17.1. The lowest BCUT2D eigenvalue weighted by atomic mass is 10.0. The Morgan fingerprint density at radius 3 is 2.22 bits per heavy atom. The van der Waals surface area contributed by atoms with Gasteiger partial charge in [-0.25, -0.2) is 0 Å². The van der Waals surface area contributed by atoms with Crippen LogP contribution >= 0.6 is 0 Å². The first-order valence-electron chi connectivity index (χ1n) is 7.76. The van der Waals surface area contributed by atoms with Crippen LogP contribution in [-0.4, -0.2) is 46.4 Å². The van der Waals surface area contributed by atoms with E-state index >= 15 is 0 Å². The molecule has 124 valence electrons. The number of carbonyl (C=O) groups is 3. The van der Waals surface area contributed by atoms with E-state index in [0.29, 0.717) is 24.1 Å². The number of rotatable bonds is 4. The van der Waals surface area contributed by atoms with Crippen molar-refractivity contribution in [2.75, 3.05) is 6.54 Å². The van der Waals surface area contributed by atoms with E-state index < -0.39 is 11.9 Å². The highest BCUT2D eigenvalue weighted by Gasteiger charge is 2.38. The number of hydrogen-bond acceptors (Lipinski definition) is 3. The number of nitrogens with zero attached hydrogens (tertiary/aromatic N) is 1. The van der Waals surface area contributed by atoms with E-state index in [1.54, 1.807) is 36.1 Å². The normalized spacial score (nSPS) is 20.6. The lowest BCUT2D eigenvalue weighted by Crippen LogP contribution is -2.37. The molecule has 0 saturated carbocycles. The van der Waals surface area contributed by atoms with Crippen molar-refractivity contribution in [2.45, 2.75) is 39.3 Å². The molecule has 0 spiro atoms. The van der Waals surface area contributed by atoms with Gasteiger partial charge in [0, 0.05) is 29.8 Å². The molecule has 0 aromatic heterocycles. The minimum absolute atomic E-state index is 0.0437. The molecule has 2 amide bonds. The predicted molar refractivity (Wildman–Crippen MR) is 85.3 cm³/mol. The van der Waals surface area contributed by atoms with E-state index in [9.17, 15) is 14.4 Å². The number of carboxylic acids is 1. The van der Waals surface area contributed by atoms with Gasteiger partial charge in [-0.3, -0.25) is 14.4 Å². The number of benzene rings is 1. The van der Waals surface area contributed by atoms with Gasteiger partial charge in [-0.15, -0.1) is 0 Å². The van der Waals surface area contributed by atoms with Gasteiger partial charge in [0.05, 0.1) is 5.92 Å². The molecule has 0 radical (unpaired) electrons. The van der Waals surface area contributed by atoms with Crippen LogP contribution < -0.4 is 5.32 Å². The second-order valence-electron chi connectivity index (χ2n) is 6.18. The molecule has 1 aliphatic heterocycles. The Morgan fingerprint density at radius 2 is 1.74 bits per heavy atom. The molecule has 1 saturated heterocycles. The molecule has 1 fully saturated rings. The van der Waals surface area contributed by atoms with Gasteiger partial charge in [0.1, 0.15) is 0 Å². The SMILES string of the molecule is CC(C)NC(=O)c1ccc(C(=O)N2CCC(C(=O)O)C2C)cc1. The quantitative estimate of drug-likeness (QED) is 0.885. The number of carbonyl (C=O) groups excluding carboxylic acids is 2. The smallest absolute Gasteiger partial charge is 0.308 e. The minimum atomic E-state index is -0.867. The summed E-state index contributed by atoms with van der Waals surface area (Å²) in [7, 11) is 0. The Kier molecular flexibility index (Phi) is 5.03. The number of likely N-dealkylation sites (tertiary alicyclic amines) is 1. The largest absolute Gasteiger partial charge is 0.481 e. The summed E-state index contributed by atoms with van der Waals surface area (Å²) in [6.07, 6.45) is 0.469. The lowest BCUT2D eigenvalue weighted by molar-refractivity contribution is -0.142. The summed E-state index contributed by atoms with van der Waals surface area (Å²) in [5, 5.41) is 11.9. The van der Waals surface area contributed by atoms with E-state index in [1.807, 2.05) is 13.8 Å². The van der Waals surface area contributed by atoms with Gasteiger partial charge in [-0.2, -0.15) is 0 Å². The van der Waals surface area contributed by atoms with E-state index in [-0.39, 0.29) is 23.9 Å². The summed E-state index contributed by atoms with van der Waals surface area (Å²) >= 11 is 0. The Balaban J connectivity index is 2.09. The molecule has 1 aromatic rings. The van der Waals surface area contributed by atoms with Crippen molar-refractivity contribution in [3.8, 4) is 0 Å². The van der Waals surface area contributed by atoms with Crippen molar-refractivity contribution >= 4 is 17.8 Å². The molecule has 2 unspecified atom stereocenters. The summed E-state index contributed by atoms with van der Waals surface area (Å²) < 4.78 is 0.